The third kappa shape index (κ3) is 2.82. The van der Waals surface area contributed by atoms with E-state index in [1.165, 1.54) is 32.1 Å². The summed E-state index contributed by atoms with van der Waals surface area (Å²) in [4.78, 5) is 14.3. The van der Waals surface area contributed by atoms with E-state index in [-0.39, 0.29) is 18.0 Å². The normalized spacial score (nSPS) is 35.1. The molecule has 2 heterocycles. The van der Waals surface area contributed by atoms with E-state index in [2.05, 4.69) is 11.4 Å². The number of nitrogens with one attached hydrogen (secondary N) is 1. The van der Waals surface area contributed by atoms with Gasteiger partial charge in [-0.1, -0.05) is 19.3 Å². The van der Waals surface area contributed by atoms with Gasteiger partial charge in [0.25, 0.3) is 0 Å². The topological polar surface area (TPSA) is 56.1 Å². The number of nitriles is 1. The van der Waals surface area contributed by atoms with Gasteiger partial charge in [0.1, 0.15) is 6.04 Å². The third-order valence-electron chi connectivity index (χ3n) is 4.87. The van der Waals surface area contributed by atoms with Crippen LogP contribution in [0, 0.1) is 17.2 Å². The summed E-state index contributed by atoms with van der Waals surface area (Å²) in [5.74, 6) is 1.76. The Hall–Kier alpha value is -0.730. The predicted molar refractivity (Wildman–Crippen MR) is 80.1 cm³/mol. The number of thioether (sulfide) groups is 1. The lowest BCUT2D eigenvalue weighted by Crippen LogP contribution is -2.48. The minimum Gasteiger partial charge on any atom is -0.325 e. The minimum atomic E-state index is -0.192. The van der Waals surface area contributed by atoms with Gasteiger partial charge in [0, 0.05) is 12.3 Å². The molecular formula is C15H23N3OS. The summed E-state index contributed by atoms with van der Waals surface area (Å²) < 4.78 is 0. The maximum atomic E-state index is 12.5. The highest BCUT2D eigenvalue weighted by Crippen LogP contribution is 2.35. The number of likely N-dealkylation sites (tertiary alicyclic amines) is 1. The van der Waals surface area contributed by atoms with Crippen molar-refractivity contribution in [3.63, 3.8) is 0 Å². The number of carbonyl (C=O) groups excluding carboxylic acids is 1. The Kier molecular flexibility index (Phi) is 4.52. The average molecular weight is 293 g/mol. The molecule has 1 unspecified atom stereocenters. The molecule has 110 valence electrons. The number of amides is 1. The lowest BCUT2D eigenvalue weighted by atomic mass is 9.89. The second-order valence-electron chi connectivity index (χ2n) is 6.19. The van der Waals surface area contributed by atoms with Gasteiger partial charge in [-0.2, -0.15) is 5.26 Å². The van der Waals surface area contributed by atoms with Crippen LogP contribution in [0.1, 0.15) is 44.9 Å². The average Bonchev–Trinajstić information content (AvgIpc) is 3.16. The molecule has 1 N–H and O–H groups in total. The molecule has 0 aromatic rings. The van der Waals surface area contributed by atoms with E-state index >= 15 is 0 Å². The molecule has 3 fully saturated rings. The van der Waals surface area contributed by atoms with E-state index in [4.69, 9.17) is 5.26 Å². The quantitative estimate of drug-likeness (QED) is 0.847. The van der Waals surface area contributed by atoms with Crippen molar-refractivity contribution in [2.75, 3.05) is 12.3 Å². The van der Waals surface area contributed by atoms with E-state index in [1.807, 2.05) is 11.8 Å². The number of hydrogen-bond acceptors (Lipinski definition) is 4. The first-order valence-electron chi connectivity index (χ1n) is 7.87. The maximum absolute atomic E-state index is 12.5. The van der Waals surface area contributed by atoms with Gasteiger partial charge < -0.3 is 4.90 Å². The molecule has 0 aromatic heterocycles. The van der Waals surface area contributed by atoms with Gasteiger partial charge in [-0.25, -0.2) is 0 Å². The Balaban J connectivity index is 1.56. The summed E-state index contributed by atoms with van der Waals surface area (Å²) in [7, 11) is 0. The fourth-order valence-electron chi connectivity index (χ4n) is 3.71. The zero-order valence-corrected chi connectivity index (χ0v) is 12.7. The Bertz CT molecular complexity index is 402. The van der Waals surface area contributed by atoms with Gasteiger partial charge in [-0.3, -0.25) is 10.1 Å². The number of carbonyl (C=O) groups is 1. The Morgan fingerprint density at radius 1 is 1.20 bits per heavy atom. The molecule has 0 bridgehead atoms. The van der Waals surface area contributed by atoms with E-state index < -0.39 is 0 Å². The van der Waals surface area contributed by atoms with Crippen molar-refractivity contribution in [2.24, 2.45) is 5.92 Å². The lowest BCUT2D eigenvalue weighted by molar-refractivity contribution is -0.132. The summed E-state index contributed by atoms with van der Waals surface area (Å²) in [6.07, 6.45) is 8.46. The van der Waals surface area contributed by atoms with Crippen molar-refractivity contribution < 1.29 is 4.79 Å². The second kappa shape index (κ2) is 6.36. The van der Waals surface area contributed by atoms with Crippen molar-refractivity contribution >= 4 is 17.7 Å². The van der Waals surface area contributed by atoms with Gasteiger partial charge >= 0.3 is 0 Å². The van der Waals surface area contributed by atoms with Gasteiger partial charge in [0.15, 0.2) is 0 Å². The van der Waals surface area contributed by atoms with Crippen molar-refractivity contribution in [2.45, 2.75) is 62.4 Å². The van der Waals surface area contributed by atoms with Crippen LogP contribution in [0.3, 0.4) is 0 Å². The third-order valence-corrected chi connectivity index (χ3v) is 6.27. The van der Waals surface area contributed by atoms with E-state index in [1.54, 1.807) is 4.90 Å². The largest absolute Gasteiger partial charge is 0.325 e. The molecular weight excluding hydrogens is 270 g/mol. The van der Waals surface area contributed by atoms with Crippen molar-refractivity contribution in [3.05, 3.63) is 0 Å². The molecule has 1 amide bonds. The summed E-state index contributed by atoms with van der Waals surface area (Å²) >= 11 is 1.91. The smallest absolute Gasteiger partial charge is 0.241 e. The van der Waals surface area contributed by atoms with Crippen molar-refractivity contribution in [1.29, 1.82) is 5.26 Å². The SMILES string of the molecule is N#C[C@@H]1CCCN1C(=O)[C@@H]1CSC(C2CCCCC2)N1. The first kappa shape index (κ1) is 14.2. The monoisotopic (exact) mass is 293 g/mol. The fourth-order valence-corrected chi connectivity index (χ4v) is 5.15. The Morgan fingerprint density at radius 2 is 2.00 bits per heavy atom. The molecule has 0 spiro atoms. The molecule has 0 radical (unpaired) electrons. The van der Waals surface area contributed by atoms with Crippen LogP contribution in [0.4, 0.5) is 0 Å². The van der Waals surface area contributed by atoms with Gasteiger partial charge in [0.05, 0.1) is 17.5 Å². The summed E-state index contributed by atoms with van der Waals surface area (Å²) in [6.45, 7) is 0.758. The highest BCUT2D eigenvalue weighted by atomic mass is 32.2. The molecule has 5 heteroatoms. The molecule has 3 atom stereocenters. The van der Waals surface area contributed by atoms with Gasteiger partial charge in [0.2, 0.25) is 5.91 Å². The summed E-state index contributed by atoms with van der Waals surface area (Å²) in [5.41, 5.74) is 0. The molecule has 3 rings (SSSR count). The van der Waals surface area contributed by atoms with Crippen LogP contribution >= 0.6 is 11.8 Å². The van der Waals surface area contributed by atoms with Crippen molar-refractivity contribution in [1.82, 2.24) is 10.2 Å². The second-order valence-corrected chi connectivity index (χ2v) is 7.36. The maximum Gasteiger partial charge on any atom is 0.241 e. The highest BCUT2D eigenvalue weighted by molar-refractivity contribution is 8.00. The molecule has 1 aliphatic carbocycles. The molecule has 3 aliphatic rings. The van der Waals surface area contributed by atoms with Crippen LogP contribution in [0.25, 0.3) is 0 Å². The predicted octanol–water partition coefficient (Wildman–Crippen LogP) is 2.11. The van der Waals surface area contributed by atoms with E-state index in [0.29, 0.717) is 5.37 Å². The highest BCUT2D eigenvalue weighted by Gasteiger charge is 2.39. The van der Waals surface area contributed by atoms with E-state index in [9.17, 15) is 4.79 Å². The molecule has 2 aliphatic heterocycles. The molecule has 2 saturated heterocycles. The van der Waals surface area contributed by atoms with Crippen molar-refractivity contribution in [3.8, 4) is 6.07 Å². The van der Waals surface area contributed by atoms with Gasteiger partial charge in [-0.15, -0.1) is 11.8 Å². The molecule has 20 heavy (non-hydrogen) atoms. The minimum absolute atomic E-state index is 0.0686. The van der Waals surface area contributed by atoms with Crippen LogP contribution in [0.5, 0.6) is 0 Å². The van der Waals surface area contributed by atoms with Gasteiger partial charge in [-0.05, 0) is 31.6 Å². The Morgan fingerprint density at radius 3 is 2.75 bits per heavy atom. The zero-order chi connectivity index (χ0) is 13.9. The molecule has 4 nitrogen and oxygen atoms in total. The van der Waals surface area contributed by atoms with E-state index in [0.717, 1.165) is 31.1 Å². The summed E-state index contributed by atoms with van der Waals surface area (Å²) in [5, 5.41) is 13.1. The standard InChI is InChI=1S/C15H23N3OS/c16-9-12-7-4-8-18(12)15(19)13-10-20-14(17-13)11-5-2-1-3-6-11/h11-14,17H,1-8,10H2/t12-,13-,14?/m0/s1. The molecule has 1 saturated carbocycles. The summed E-state index contributed by atoms with van der Waals surface area (Å²) in [6, 6.07) is 2.00. The molecule has 0 aromatic carbocycles. The van der Waals surface area contributed by atoms with Crippen LogP contribution in [0.2, 0.25) is 0 Å². The number of hydrogen-bond donors (Lipinski definition) is 1. The lowest BCUT2D eigenvalue weighted by Gasteiger charge is -2.28. The van der Waals surface area contributed by atoms with Crippen LogP contribution in [-0.4, -0.2) is 40.6 Å². The zero-order valence-electron chi connectivity index (χ0n) is 11.9. The van der Waals surface area contributed by atoms with Crippen LogP contribution < -0.4 is 5.32 Å². The fraction of sp³-hybridized carbons (Fsp3) is 0.867. The Labute approximate surface area is 125 Å². The van der Waals surface area contributed by atoms with Crippen LogP contribution in [-0.2, 0) is 4.79 Å². The van der Waals surface area contributed by atoms with Crippen LogP contribution in [0.15, 0.2) is 0 Å². The number of rotatable bonds is 2. The first-order valence-corrected chi connectivity index (χ1v) is 8.92. The first-order chi connectivity index (χ1) is 9.79. The number of nitrogens with zero attached hydrogens (tertiary/aromatic N) is 2.